The first-order valence-electron chi connectivity index (χ1n) is 6.68. The van der Waals surface area contributed by atoms with Crippen molar-refractivity contribution in [3.05, 3.63) is 0 Å². The van der Waals surface area contributed by atoms with Crippen LogP contribution in [-0.2, 0) is 4.79 Å². The Morgan fingerprint density at radius 1 is 1.31 bits per heavy atom. The van der Waals surface area contributed by atoms with Crippen LogP contribution in [0.15, 0.2) is 5.10 Å². The standard InChI is InChI=1S/C13H22N2O/c1-3-10(4-2)15-13(16)11-8-6-5-7-9-12(11)14-15/h10-11H,3-9H2,1-2H3. The molecule has 0 bridgehead atoms. The van der Waals surface area contributed by atoms with Crippen LogP contribution in [0.5, 0.6) is 0 Å². The lowest BCUT2D eigenvalue weighted by Gasteiger charge is -2.22. The molecule has 1 aliphatic heterocycles. The van der Waals surface area contributed by atoms with Gasteiger partial charge in [0.1, 0.15) is 0 Å². The quantitative estimate of drug-likeness (QED) is 0.722. The fourth-order valence-electron chi connectivity index (χ4n) is 2.80. The zero-order chi connectivity index (χ0) is 11.5. The summed E-state index contributed by atoms with van der Waals surface area (Å²) in [5, 5.41) is 6.38. The molecule has 0 aromatic rings. The van der Waals surface area contributed by atoms with Crippen LogP contribution in [0.2, 0.25) is 0 Å². The van der Waals surface area contributed by atoms with Gasteiger partial charge < -0.3 is 0 Å². The number of hydrogen-bond acceptors (Lipinski definition) is 2. The van der Waals surface area contributed by atoms with Crippen LogP contribution in [0, 0.1) is 5.92 Å². The fraction of sp³-hybridized carbons (Fsp3) is 0.846. The molecule has 1 amide bonds. The molecule has 1 aliphatic carbocycles. The molecule has 1 heterocycles. The zero-order valence-electron chi connectivity index (χ0n) is 10.4. The van der Waals surface area contributed by atoms with E-state index in [1.54, 1.807) is 5.01 Å². The maximum atomic E-state index is 12.3. The van der Waals surface area contributed by atoms with Crippen molar-refractivity contribution in [1.29, 1.82) is 0 Å². The van der Waals surface area contributed by atoms with Crippen molar-refractivity contribution in [3.63, 3.8) is 0 Å². The van der Waals surface area contributed by atoms with Crippen molar-refractivity contribution in [1.82, 2.24) is 5.01 Å². The minimum Gasteiger partial charge on any atom is -0.272 e. The van der Waals surface area contributed by atoms with E-state index in [0.717, 1.165) is 31.4 Å². The molecule has 0 aromatic heterocycles. The van der Waals surface area contributed by atoms with Gasteiger partial charge in [-0.1, -0.05) is 26.7 Å². The van der Waals surface area contributed by atoms with Gasteiger partial charge in [-0.25, -0.2) is 5.01 Å². The molecule has 0 radical (unpaired) electrons. The summed E-state index contributed by atoms with van der Waals surface area (Å²) in [6, 6.07) is 0.312. The summed E-state index contributed by atoms with van der Waals surface area (Å²) in [6.07, 6.45) is 7.72. The zero-order valence-corrected chi connectivity index (χ0v) is 10.4. The highest BCUT2D eigenvalue weighted by atomic mass is 16.2. The van der Waals surface area contributed by atoms with E-state index >= 15 is 0 Å². The van der Waals surface area contributed by atoms with Crippen LogP contribution in [0.25, 0.3) is 0 Å². The SMILES string of the molecule is CCC(CC)N1N=C2CCCCCC2C1=O. The number of hydrazone groups is 1. The van der Waals surface area contributed by atoms with E-state index < -0.39 is 0 Å². The number of rotatable bonds is 3. The number of carbonyl (C=O) groups excluding carboxylic acids is 1. The van der Waals surface area contributed by atoms with E-state index in [9.17, 15) is 4.79 Å². The van der Waals surface area contributed by atoms with Gasteiger partial charge in [-0.2, -0.15) is 5.10 Å². The summed E-state index contributed by atoms with van der Waals surface area (Å²) in [5.41, 5.74) is 1.16. The van der Waals surface area contributed by atoms with Gasteiger partial charge in [0.05, 0.1) is 17.7 Å². The maximum absolute atomic E-state index is 12.3. The van der Waals surface area contributed by atoms with Gasteiger partial charge in [-0.05, 0) is 32.1 Å². The molecule has 1 unspecified atom stereocenters. The predicted molar refractivity (Wildman–Crippen MR) is 65.2 cm³/mol. The number of hydrogen-bond donors (Lipinski definition) is 0. The molecule has 90 valence electrons. The molecule has 1 fully saturated rings. The van der Waals surface area contributed by atoms with Gasteiger partial charge in [0, 0.05) is 0 Å². The monoisotopic (exact) mass is 222 g/mol. The largest absolute Gasteiger partial charge is 0.272 e. The normalized spacial score (nSPS) is 25.7. The molecule has 16 heavy (non-hydrogen) atoms. The Morgan fingerprint density at radius 3 is 2.75 bits per heavy atom. The van der Waals surface area contributed by atoms with Gasteiger partial charge in [0.15, 0.2) is 0 Å². The first kappa shape index (κ1) is 11.6. The van der Waals surface area contributed by atoms with E-state index in [-0.39, 0.29) is 11.8 Å². The van der Waals surface area contributed by atoms with Gasteiger partial charge in [-0.15, -0.1) is 0 Å². The Hall–Kier alpha value is -0.860. The van der Waals surface area contributed by atoms with Gasteiger partial charge in [0.2, 0.25) is 0 Å². The second kappa shape index (κ2) is 4.98. The van der Waals surface area contributed by atoms with Crippen LogP contribution in [0.1, 0.15) is 58.8 Å². The van der Waals surface area contributed by atoms with E-state index in [2.05, 4.69) is 18.9 Å². The van der Waals surface area contributed by atoms with E-state index in [0.29, 0.717) is 6.04 Å². The molecule has 0 aromatic carbocycles. The molecule has 2 rings (SSSR count). The van der Waals surface area contributed by atoms with Gasteiger partial charge in [0.25, 0.3) is 5.91 Å². The Labute approximate surface area is 97.9 Å². The van der Waals surface area contributed by atoms with Crippen molar-refractivity contribution in [2.24, 2.45) is 11.0 Å². The van der Waals surface area contributed by atoms with Crippen molar-refractivity contribution in [2.45, 2.75) is 64.8 Å². The second-order valence-electron chi connectivity index (χ2n) is 4.90. The summed E-state index contributed by atoms with van der Waals surface area (Å²) in [5.74, 6) is 0.397. The van der Waals surface area contributed by atoms with Crippen LogP contribution in [-0.4, -0.2) is 22.7 Å². The van der Waals surface area contributed by atoms with Crippen molar-refractivity contribution in [3.8, 4) is 0 Å². The highest BCUT2D eigenvalue weighted by Crippen LogP contribution is 2.30. The summed E-state index contributed by atoms with van der Waals surface area (Å²) in [6.45, 7) is 4.27. The Balaban J connectivity index is 2.15. The van der Waals surface area contributed by atoms with Gasteiger partial charge in [-0.3, -0.25) is 4.79 Å². The molecule has 1 atom stereocenters. The van der Waals surface area contributed by atoms with E-state index in [1.807, 2.05) is 0 Å². The Morgan fingerprint density at radius 2 is 2.06 bits per heavy atom. The minimum absolute atomic E-state index is 0.128. The molecule has 3 nitrogen and oxygen atoms in total. The average molecular weight is 222 g/mol. The van der Waals surface area contributed by atoms with E-state index in [4.69, 9.17) is 0 Å². The molecule has 2 aliphatic rings. The lowest BCUT2D eigenvalue weighted by atomic mass is 9.98. The first-order valence-corrected chi connectivity index (χ1v) is 6.68. The predicted octanol–water partition coefficient (Wildman–Crippen LogP) is 2.95. The van der Waals surface area contributed by atoms with E-state index in [1.165, 1.54) is 19.3 Å². The van der Waals surface area contributed by atoms with Crippen molar-refractivity contribution in [2.75, 3.05) is 0 Å². The summed E-state index contributed by atoms with van der Waals surface area (Å²) < 4.78 is 0. The summed E-state index contributed by atoms with van der Waals surface area (Å²) >= 11 is 0. The third-order valence-electron chi connectivity index (χ3n) is 3.88. The molecule has 0 N–H and O–H groups in total. The molecule has 1 saturated carbocycles. The van der Waals surface area contributed by atoms with Crippen LogP contribution in [0.4, 0.5) is 0 Å². The summed E-state index contributed by atoms with van der Waals surface area (Å²) in [4.78, 5) is 12.3. The van der Waals surface area contributed by atoms with Crippen LogP contribution in [0.3, 0.4) is 0 Å². The highest BCUT2D eigenvalue weighted by molar-refractivity contribution is 6.08. The van der Waals surface area contributed by atoms with Gasteiger partial charge >= 0.3 is 0 Å². The van der Waals surface area contributed by atoms with Crippen LogP contribution >= 0.6 is 0 Å². The third-order valence-corrected chi connectivity index (χ3v) is 3.88. The average Bonchev–Trinajstić information content (AvgIpc) is 2.51. The summed E-state index contributed by atoms with van der Waals surface area (Å²) in [7, 11) is 0. The number of fused-ring (bicyclic) bond motifs is 1. The number of carbonyl (C=O) groups is 1. The lowest BCUT2D eigenvalue weighted by Crippen LogP contribution is -2.35. The molecule has 0 spiro atoms. The fourth-order valence-corrected chi connectivity index (χ4v) is 2.80. The van der Waals surface area contributed by atoms with Crippen LogP contribution < -0.4 is 0 Å². The first-order chi connectivity index (χ1) is 7.77. The number of nitrogens with zero attached hydrogens (tertiary/aromatic N) is 2. The minimum atomic E-state index is 0.128. The molecule has 3 heteroatoms. The Kier molecular flexibility index (Phi) is 3.62. The van der Waals surface area contributed by atoms with Crippen molar-refractivity contribution >= 4 is 11.6 Å². The number of amides is 1. The second-order valence-corrected chi connectivity index (χ2v) is 4.90. The third kappa shape index (κ3) is 2.00. The van der Waals surface area contributed by atoms with Crippen molar-refractivity contribution < 1.29 is 4.79 Å². The smallest absolute Gasteiger partial charge is 0.251 e. The molecular formula is C13H22N2O. The highest BCUT2D eigenvalue weighted by Gasteiger charge is 2.38. The molecular weight excluding hydrogens is 200 g/mol. The Bertz CT molecular complexity index is 294. The molecule has 0 saturated heterocycles. The topological polar surface area (TPSA) is 32.7 Å². The lowest BCUT2D eigenvalue weighted by molar-refractivity contribution is -0.134. The maximum Gasteiger partial charge on any atom is 0.251 e.